The molecule has 104 valence electrons. The maximum atomic E-state index is 12.5. The number of amides is 1. The summed E-state index contributed by atoms with van der Waals surface area (Å²) >= 11 is 3.47. The average Bonchev–Trinajstić information content (AvgIpc) is 2.33. The lowest BCUT2D eigenvalue weighted by atomic mass is 10.0. The maximum Gasteiger partial charge on any atom is 0.256 e. The zero-order valence-electron chi connectivity index (χ0n) is 12.2. The van der Waals surface area contributed by atoms with E-state index in [0.717, 1.165) is 38.0 Å². The van der Waals surface area contributed by atoms with Crippen molar-refractivity contribution < 1.29 is 4.79 Å². The molecule has 0 bridgehead atoms. The molecule has 0 fully saturated rings. The number of anilines is 1. The van der Waals surface area contributed by atoms with Crippen molar-refractivity contribution in [2.45, 2.75) is 27.7 Å². The molecule has 0 heterocycles. The summed E-state index contributed by atoms with van der Waals surface area (Å²) in [6.07, 6.45) is 0. The first-order chi connectivity index (χ1) is 9.40. The summed E-state index contributed by atoms with van der Waals surface area (Å²) in [6.45, 7) is 7.92. The van der Waals surface area contributed by atoms with Crippen LogP contribution in [0, 0.1) is 27.7 Å². The van der Waals surface area contributed by atoms with Gasteiger partial charge in [0.1, 0.15) is 0 Å². The summed E-state index contributed by atoms with van der Waals surface area (Å²) in [5.41, 5.74) is 5.74. The number of hydrogen-bond donors (Lipinski definition) is 1. The Morgan fingerprint density at radius 3 is 1.95 bits per heavy atom. The minimum absolute atomic E-state index is 0.0471. The second-order valence-electron chi connectivity index (χ2n) is 5.14. The Hall–Kier alpha value is -1.61. The molecule has 0 unspecified atom stereocenters. The average molecular weight is 332 g/mol. The number of rotatable bonds is 2. The van der Waals surface area contributed by atoms with E-state index in [1.807, 2.05) is 58.0 Å². The summed E-state index contributed by atoms with van der Waals surface area (Å²) in [6, 6.07) is 9.91. The van der Waals surface area contributed by atoms with Crippen LogP contribution in [-0.2, 0) is 0 Å². The number of halogens is 1. The molecular formula is C17H18BrNO. The Labute approximate surface area is 128 Å². The van der Waals surface area contributed by atoms with Crippen molar-refractivity contribution in [3.63, 3.8) is 0 Å². The molecule has 1 N–H and O–H groups in total. The van der Waals surface area contributed by atoms with Crippen LogP contribution < -0.4 is 5.32 Å². The zero-order chi connectivity index (χ0) is 14.9. The van der Waals surface area contributed by atoms with Gasteiger partial charge >= 0.3 is 0 Å². The molecule has 0 spiro atoms. The summed E-state index contributed by atoms with van der Waals surface area (Å²) < 4.78 is 1.03. The number of hydrogen-bond acceptors (Lipinski definition) is 1. The van der Waals surface area contributed by atoms with Crippen molar-refractivity contribution in [2.75, 3.05) is 5.32 Å². The van der Waals surface area contributed by atoms with Crippen LogP contribution in [0.5, 0.6) is 0 Å². The first kappa shape index (κ1) is 14.8. The van der Waals surface area contributed by atoms with E-state index in [1.165, 1.54) is 0 Å². The Morgan fingerprint density at radius 1 is 0.950 bits per heavy atom. The molecule has 0 aromatic heterocycles. The molecule has 0 saturated carbocycles. The van der Waals surface area contributed by atoms with Gasteiger partial charge in [0.15, 0.2) is 0 Å². The Morgan fingerprint density at radius 2 is 1.45 bits per heavy atom. The summed E-state index contributed by atoms with van der Waals surface area (Å²) in [5, 5.41) is 3.04. The molecule has 3 heteroatoms. The lowest BCUT2D eigenvalue weighted by Crippen LogP contribution is -2.16. The monoisotopic (exact) mass is 331 g/mol. The second kappa shape index (κ2) is 5.80. The van der Waals surface area contributed by atoms with Gasteiger partial charge in [0.2, 0.25) is 0 Å². The van der Waals surface area contributed by atoms with E-state index in [0.29, 0.717) is 0 Å². The molecule has 0 atom stereocenters. The molecule has 0 aliphatic heterocycles. The number of carbonyl (C=O) groups excluding carboxylic acids is 1. The van der Waals surface area contributed by atoms with Crippen LogP contribution in [-0.4, -0.2) is 5.91 Å². The molecule has 0 aliphatic rings. The fourth-order valence-electron chi connectivity index (χ4n) is 2.46. The normalized spacial score (nSPS) is 10.4. The van der Waals surface area contributed by atoms with Gasteiger partial charge in [0.25, 0.3) is 5.91 Å². The third kappa shape index (κ3) is 2.93. The predicted molar refractivity (Wildman–Crippen MR) is 87.5 cm³/mol. The smallest absolute Gasteiger partial charge is 0.256 e. The molecule has 2 rings (SSSR count). The second-order valence-corrected chi connectivity index (χ2v) is 6.05. The van der Waals surface area contributed by atoms with Crippen LogP contribution in [0.4, 0.5) is 5.69 Å². The minimum Gasteiger partial charge on any atom is -0.321 e. The molecule has 0 aliphatic carbocycles. The summed E-state index contributed by atoms with van der Waals surface area (Å²) in [4.78, 5) is 12.5. The van der Waals surface area contributed by atoms with E-state index in [4.69, 9.17) is 0 Å². The van der Waals surface area contributed by atoms with Crippen LogP contribution in [0.3, 0.4) is 0 Å². The third-order valence-electron chi connectivity index (χ3n) is 3.44. The van der Waals surface area contributed by atoms with Gasteiger partial charge in [-0.2, -0.15) is 0 Å². The molecule has 2 aromatic carbocycles. The topological polar surface area (TPSA) is 29.1 Å². The van der Waals surface area contributed by atoms with Crippen molar-refractivity contribution in [1.29, 1.82) is 0 Å². The van der Waals surface area contributed by atoms with Crippen LogP contribution in [0.25, 0.3) is 0 Å². The first-order valence-corrected chi connectivity index (χ1v) is 7.33. The zero-order valence-corrected chi connectivity index (χ0v) is 13.8. The van der Waals surface area contributed by atoms with Crippen LogP contribution in [0.1, 0.15) is 32.6 Å². The standard InChI is InChI=1S/C17H18BrNO/c1-10-6-5-7-11(2)15(10)17(20)19-16-12(3)8-14(18)9-13(16)4/h5-9H,1-4H3,(H,19,20). The van der Waals surface area contributed by atoms with E-state index >= 15 is 0 Å². The number of aryl methyl sites for hydroxylation is 4. The quantitative estimate of drug-likeness (QED) is 0.830. The first-order valence-electron chi connectivity index (χ1n) is 6.54. The minimum atomic E-state index is -0.0471. The third-order valence-corrected chi connectivity index (χ3v) is 3.90. The van der Waals surface area contributed by atoms with Gasteiger partial charge < -0.3 is 5.32 Å². The number of benzene rings is 2. The van der Waals surface area contributed by atoms with Crippen LogP contribution in [0.2, 0.25) is 0 Å². The van der Waals surface area contributed by atoms with Crippen molar-refractivity contribution in [3.8, 4) is 0 Å². The van der Waals surface area contributed by atoms with Crippen molar-refractivity contribution in [1.82, 2.24) is 0 Å². The van der Waals surface area contributed by atoms with E-state index in [1.54, 1.807) is 0 Å². The highest BCUT2D eigenvalue weighted by Crippen LogP contribution is 2.26. The Bertz CT molecular complexity index is 633. The lowest BCUT2D eigenvalue weighted by Gasteiger charge is -2.14. The van der Waals surface area contributed by atoms with E-state index in [9.17, 15) is 4.79 Å². The molecule has 20 heavy (non-hydrogen) atoms. The highest BCUT2D eigenvalue weighted by atomic mass is 79.9. The van der Waals surface area contributed by atoms with Gasteiger partial charge in [-0.1, -0.05) is 34.1 Å². The van der Waals surface area contributed by atoms with Gasteiger partial charge in [-0.25, -0.2) is 0 Å². The van der Waals surface area contributed by atoms with Gasteiger partial charge in [0, 0.05) is 15.7 Å². The van der Waals surface area contributed by atoms with Gasteiger partial charge in [-0.3, -0.25) is 4.79 Å². The highest BCUT2D eigenvalue weighted by molar-refractivity contribution is 9.10. The number of nitrogens with one attached hydrogen (secondary N) is 1. The Kier molecular flexibility index (Phi) is 4.29. The maximum absolute atomic E-state index is 12.5. The molecule has 2 aromatic rings. The van der Waals surface area contributed by atoms with Crippen molar-refractivity contribution >= 4 is 27.5 Å². The number of carbonyl (C=O) groups is 1. The molecule has 0 saturated heterocycles. The fraction of sp³-hybridized carbons (Fsp3) is 0.235. The van der Waals surface area contributed by atoms with E-state index < -0.39 is 0 Å². The molecule has 0 radical (unpaired) electrons. The van der Waals surface area contributed by atoms with Crippen LogP contribution in [0.15, 0.2) is 34.8 Å². The fourth-order valence-corrected chi connectivity index (χ4v) is 3.14. The van der Waals surface area contributed by atoms with E-state index in [-0.39, 0.29) is 5.91 Å². The lowest BCUT2D eigenvalue weighted by molar-refractivity contribution is 0.102. The molecule has 1 amide bonds. The van der Waals surface area contributed by atoms with Gasteiger partial charge in [-0.15, -0.1) is 0 Å². The SMILES string of the molecule is Cc1cc(Br)cc(C)c1NC(=O)c1c(C)cccc1C. The van der Waals surface area contributed by atoms with Crippen molar-refractivity contribution in [2.24, 2.45) is 0 Å². The summed E-state index contributed by atoms with van der Waals surface area (Å²) in [5.74, 6) is -0.0471. The molecule has 2 nitrogen and oxygen atoms in total. The summed E-state index contributed by atoms with van der Waals surface area (Å²) in [7, 11) is 0. The largest absolute Gasteiger partial charge is 0.321 e. The van der Waals surface area contributed by atoms with Crippen molar-refractivity contribution in [3.05, 3.63) is 62.6 Å². The van der Waals surface area contributed by atoms with E-state index in [2.05, 4.69) is 21.2 Å². The van der Waals surface area contributed by atoms with Crippen LogP contribution >= 0.6 is 15.9 Å². The van der Waals surface area contributed by atoms with Gasteiger partial charge in [0.05, 0.1) is 0 Å². The highest BCUT2D eigenvalue weighted by Gasteiger charge is 2.14. The van der Waals surface area contributed by atoms with Gasteiger partial charge in [-0.05, 0) is 62.1 Å². The predicted octanol–water partition coefficient (Wildman–Crippen LogP) is 4.94. The molecular weight excluding hydrogens is 314 g/mol. The Balaban J connectivity index is 2.38.